The van der Waals surface area contributed by atoms with Gasteiger partial charge in [-0.1, -0.05) is 12.8 Å². The van der Waals surface area contributed by atoms with Crippen LogP contribution < -0.4 is 0 Å². The summed E-state index contributed by atoms with van der Waals surface area (Å²) in [6.45, 7) is 6.15. The van der Waals surface area contributed by atoms with Crippen molar-refractivity contribution in [2.24, 2.45) is 5.92 Å². The average molecular weight is 308 g/mol. The topological polar surface area (TPSA) is 32.8 Å². The van der Waals surface area contributed by atoms with E-state index in [4.69, 9.17) is 4.74 Å². The zero-order chi connectivity index (χ0) is 15.2. The zero-order valence-corrected chi connectivity index (χ0v) is 14.0. The molecule has 3 aliphatic heterocycles. The first-order chi connectivity index (χ1) is 10.8. The van der Waals surface area contributed by atoms with E-state index in [1.165, 1.54) is 44.9 Å². The molecule has 1 amide bonds. The number of hydrogen-bond donors (Lipinski definition) is 0. The fourth-order valence-electron chi connectivity index (χ4n) is 4.15. The average Bonchev–Trinajstić information content (AvgIpc) is 2.85. The molecule has 3 rings (SSSR count). The van der Waals surface area contributed by atoms with Crippen molar-refractivity contribution in [3.05, 3.63) is 0 Å². The molecule has 0 bridgehead atoms. The minimum absolute atomic E-state index is 0.279. The number of rotatable bonds is 3. The first-order valence-corrected chi connectivity index (χ1v) is 9.45. The molecule has 0 radical (unpaired) electrons. The number of ether oxygens (including phenoxy) is 1. The number of piperidine rings is 1. The lowest BCUT2D eigenvalue weighted by atomic mass is 9.94. The van der Waals surface area contributed by atoms with Crippen LogP contribution in [-0.2, 0) is 9.53 Å². The lowest BCUT2D eigenvalue weighted by Gasteiger charge is -2.36. The molecule has 0 N–H and O–H groups in total. The molecule has 0 aromatic carbocycles. The second kappa shape index (κ2) is 8.30. The van der Waals surface area contributed by atoms with Crippen LogP contribution in [0.1, 0.15) is 57.8 Å². The minimum atomic E-state index is 0.279. The molecule has 3 saturated heterocycles. The van der Waals surface area contributed by atoms with E-state index >= 15 is 0 Å². The Morgan fingerprint density at radius 3 is 2.23 bits per heavy atom. The molecule has 1 unspecified atom stereocenters. The maximum atomic E-state index is 12.7. The molecule has 1 atom stereocenters. The van der Waals surface area contributed by atoms with Gasteiger partial charge in [-0.05, 0) is 58.0 Å². The molecule has 3 fully saturated rings. The number of carbonyl (C=O) groups is 1. The molecular weight excluding hydrogens is 276 g/mol. The Kier molecular flexibility index (Phi) is 6.13. The van der Waals surface area contributed by atoms with Crippen LogP contribution in [-0.4, -0.2) is 61.1 Å². The summed E-state index contributed by atoms with van der Waals surface area (Å²) >= 11 is 0. The van der Waals surface area contributed by atoms with Gasteiger partial charge in [0.25, 0.3) is 0 Å². The fraction of sp³-hybridized carbons (Fsp3) is 0.944. The molecule has 0 aromatic rings. The van der Waals surface area contributed by atoms with Crippen molar-refractivity contribution in [2.45, 2.75) is 63.9 Å². The monoisotopic (exact) mass is 308 g/mol. The summed E-state index contributed by atoms with van der Waals surface area (Å²) in [4.78, 5) is 17.4. The van der Waals surface area contributed by atoms with Gasteiger partial charge in [-0.2, -0.15) is 0 Å². The highest BCUT2D eigenvalue weighted by Crippen LogP contribution is 2.23. The Balaban J connectivity index is 1.41. The van der Waals surface area contributed by atoms with Gasteiger partial charge < -0.3 is 14.5 Å². The molecule has 126 valence electrons. The number of likely N-dealkylation sites (tertiary alicyclic amines) is 2. The van der Waals surface area contributed by atoms with Crippen molar-refractivity contribution in [1.82, 2.24) is 9.80 Å². The summed E-state index contributed by atoms with van der Waals surface area (Å²) < 4.78 is 5.85. The van der Waals surface area contributed by atoms with E-state index in [2.05, 4.69) is 9.80 Å². The number of hydrogen-bond acceptors (Lipinski definition) is 3. The highest BCUT2D eigenvalue weighted by atomic mass is 16.5. The third-order valence-electron chi connectivity index (χ3n) is 5.59. The van der Waals surface area contributed by atoms with E-state index in [0.29, 0.717) is 12.0 Å². The van der Waals surface area contributed by atoms with Crippen LogP contribution in [0.25, 0.3) is 0 Å². The molecule has 3 heterocycles. The van der Waals surface area contributed by atoms with Gasteiger partial charge in [0.1, 0.15) is 0 Å². The van der Waals surface area contributed by atoms with Crippen molar-refractivity contribution >= 4 is 5.91 Å². The van der Waals surface area contributed by atoms with Gasteiger partial charge in [-0.15, -0.1) is 0 Å². The van der Waals surface area contributed by atoms with Crippen LogP contribution in [0.15, 0.2) is 0 Å². The lowest BCUT2D eigenvalue weighted by molar-refractivity contribution is -0.137. The van der Waals surface area contributed by atoms with Crippen molar-refractivity contribution in [3.8, 4) is 0 Å². The van der Waals surface area contributed by atoms with E-state index in [0.717, 1.165) is 52.2 Å². The van der Waals surface area contributed by atoms with Gasteiger partial charge in [-0.3, -0.25) is 4.79 Å². The molecule has 22 heavy (non-hydrogen) atoms. The van der Waals surface area contributed by atoms with Crippen molar-refractivity contribution in [3.63, 3.8) is 0 Å². The predicted molar refractivity (Wildman–Crippen MR) is 87.8 cm³/mol. The third-order valence-corrected chi connectivity index (χ3v) is 5.59. The molecule has 3 aliphatic rings. The normalized spacial score (nSPS) is 29.3. The molecule has 4 heteroatoms. The van der Waals surface area contributed by atoms with Crippen LogP contribution in [0.3, 0.4) is 0 Å². The quantitative estimate of drug-likeness (QED) is 0.803. The van der Waals surface area contributed by atoms with Gasteiger partial charge in [0.05, 0.1) is 6.10 Å². The smallest absolute Gasteiger partial charge is 0.225 e. The highest BCUT2D eigenvalue weighted by Gasteiger charge is 2.29. The van der Waals surface area contributed by atoms with E-state index in [1.54, 1.807) is 0 Å². The maximum Gasteiger partial charge on any atom is 0.225 e. The van der Waals surface area contributed by atoms with Gasteiger partial charge in [-0.25, -0.2) is 0 Å². The summed E-state index contributed by atoms with van der Waals surface area (Å²) in [5.41, 5.74) is 0. The van der Waals surface area contributed by atoms with E-state index in [1.807, 2.05) is 0 Å². The van der Waals surface area contributed by atoms with Gasteiger partial charge in [0, 0.05) is 32.2 Å². The Hall–Kier alpha value is -0.610. The van der Waals surface area contributed by atoms with Crippen LogP contribution in [0.2, 0.25) is 0 Å². The highest BCUT2D eigenvalue weighted by molar-refractivity contribution is 5.79. The molecule has 0 spiro atoms. The first-order valence-electron chi connectivity index (χ1n) is 9.45. The van der Waals surface area contributed by atoms with E-state index in [9.17, 15) is 4.79 Å². The number of nitrogens with zero attached hydrogens (tertiary/aromatic N) is 2. The largest absolute Gasteiger partial charge is 0.377 e. The van der Waals surface area contributed by atoms with E-state index in [-0.39, 0.29) is 5.92 Å². The minimum Gasteiger partial charge on any atom is -0.377 e. The van der Waals surface area contributed by atoms with Crippen molar-refractivity contribution in [1.29, 1.82) is 0 Å². The molecule has 4 nitrogen and oxygen atoms in total. The summed E-state index contributed by atoms with van der Waals surface area (Å²) in [6, 6.07) is 0. The fourth-order valence-corrected chi connectivity index (χ4v) is 4.15. The second-order valence-electron chi connectivity index (χ2n) is 7.30. The van der Waals surface area contributed by atoms with Crippen LogP contribution in [0.4, 0.5) is 0 Å². The molecule has 0 aromatic heterocycles. The molecule has 0 saturated carbocycles. The van der Waals surface area contributed by atoms with Gasteiger partial charge in [0.15, 0.2) is 0 Å². The standard InChI is InChI=1S/C18H32N2O2/c21-18(20-10-4-1-2-5-11-20)16-8-12-19(13-9-16)15-17-7-3-6-14-22-17/h16-17H,1-15H2. The van der Waals surface area contributed by atoms with Gasteiger partial charge >= 0.3 is 0 Å². The summed E-state index contributed by atoms with van der Waals surface area (Å²) in [5, 5.41) is 0. The predicted octanol–water partition coefficient (Wildman–Crippen LogP) is 2.67. The Labute approximate surface area is 135 Å². The Morgan fingerprint density at radius 2 is 1.59 bits per heavy atom. The zero-order valence-electron chi connectivity index (χ0n) is 14.0. The number of amides is 1. The third kappa shape index (κ3) is 4.45. The lowest BCUT2D eigenvalue weighted by Crippen LogP contribution is -2.45. The SMILES string of the molecule is O=C(C1CCN(CC2CCCCO2)CC1)N1CCCCCC1. The van der Waals surface area contributed by atoms with Crippen LogP contribution in [0, 0.1) is 5.92 Å². The molecule has 0 aliphatic carbocycles. The summed E-state index contributed by atoms with van der Waals surface area (Å²) in [5.74, 6) is 0.720. The first kappa shape index (κ1) is 16.3. The van der Waals surface area contributed by atoms with Crippen molar-refractivity contribution < 1.29 is 9.53 Å². The second-order valence-corrected chi connectivity index (χ2v) is 7.30. The van der Waals surface area contributed by atoms with Crippen LogP contribution >= 0.6 is 0 Å². The Bertz CT molecular complexity index is 339. The van der Waals surface area contributed by atoms with E-state index < -0.39 is 0 Å². The summed E-state index contributed by atoms with van der Waals surface area (Å²) in [7, 11) is 0. The van der Waals surface area contributed by atoms with Gasteiger partial charge in [0.2, 0.25) is 5.91 Å². The van der Waals surface area contributed by atoms with Crippen LogP contribution in [0.5, 0.6) is 0 Å². The maximum absolute atomic E-state index is 12.7. The molecular formula is C18H32N2O2. The number of carbonyl (C=O) groups excluding carboxylic acids is 1. The van der Waals surface area contributed by atoms with Crippen molar-refractivity contribution in [2.75, 3.05) is 39.3 Å². The Morgan fingerprint density at radius 1 is 0.864 bits per heavy atom. The summed E-state index contributed by atoms with van der Waals surface area (Å²) in [6.07, 6.45) is 11.3.